The van der Waals surface area contributed by atoms with Gasteiger partial charge in [0.2, 0.25) is 5.91 Å². The third-order valence-corrected chi connectivity index (χ3v) is 4.70. The van der Waals surface area contributed by atoms with Gasteiger partial charge in [-0.1, -0.05) is 19.3 Å². The third kappa shape index (κ3) is 4.14. The van der Waals surface area contributed by atoms with Gasteiger partial charge in [0.15, 0.2) is 0 Å². The van der Waals surface area contributed by atoms with Crippen molar-refractivity contribution in [1.29, 1.82) is 0 Å². The molecular weight excluding hydrogens is 270 g/mol. The highest BCUT2D eigenvalue weighted by molar-refractivity contribution is 5.82. The summed E-state index contributed by atoms with van der Waals surface area (Å²) in [6, 6.07) is -0.160. The molecule has 7 nitrogen and oxygen atoms in total. The van der Waals surface area contributed by atoms with Crippen LogP contribution in [0, 0.1) is 5.92 Å². The lowest BCUT2D eigenvalue weighted by molar-refractivity contribution is -0.124. The summed E-state index contributed by atoms with van der Waals surface area (Å²) < 4.78 is 0. The Hall–Kier alpha value is -0.730. The highest BCUT2D eigenvalue weighted by Gasteiger charge is 2.32. The number of nitrogens with zero attached hydrogens (tertiary/aromatic N) is 1. The molecule has 0 spiro atoms. The summed E-state index contributed by atoms with van der Waals surface area (Å²) in [6.07, 6.45) is 6.95. The summed E-state index contributed by atoms with van der Waals surface area (Å²) in [5, 5.41) is 5.34. The van der Waals surface area contributed by atoms with Crippen LogP contribution in [0.15, 0.2) is 0 Å². The lowest BCUT2D eigenvalue weighted by Crippen LogP contribution is -2.47. The molecule has 21 heavy (non-hydrogen) atoms. The van der Waals surface area contributed by atoms with Crippen molar-refractivity contribution in [3.8, 4) is 0 Å². The van der Waals surface area contributed by atoms with Crippen LogP contribution in [0.4, 0.5) is 0 Å². The predicted octanol–water partition coefficient (Wildman–Crippen LogP) is -0.550. The Morgan fingerprint density at radius 1 is 1.33 bits per heavy atom. The van der Waals surface area contributed by atoms with Gasteiger partial charge in [0, 0.05) is 26.1 Å². The van der Waals surface area contributed by atoms with Gasteiger partial charge in [0.1, 0.15) is 12.3 Å². The van der Waals surface area contributed by atoms with Crippen molar-refractivity contribution in [1.82, 2.24) is 21.2 Å². The molecule has 2 heterocycles. The molecule has 3 rings (SSSR count). The first-order valence-corrected chi connectivity index (χ1v) is 8.16. The number of hydrazine groups is 1. The topological polar surface area (TPSA) is 91.7 Å². The number of nitrogens with two attached hydrogens (primary N) is 1. The number of amides is 1. The van der Waals surface area contributed by atoms with Crippen LogP contribution in [-0.2, 0) is 9.63 Å². The summed E-state index contributed by atoms with van der Waals surface area (Å²) in [5.41, 5.74) is 11.7. The molecule has 3 unspecified atom stereocenters. The number of nitrogens with one attached hydrogen (secondary N) is 3. The van der Waals surface area contributed by atoms with E-state index < -0.39 is 0 Å². The molecule has 120 valence electrons. The van der Waals surface area contributed by atoms with E-state index in [1.165, 1.54) is 32.1 Å². The van der Waals surface area contributed by atoms with E-state index >= 15 is 0 Å². The maximum absolute atomic E-state index is 12.1. The minimum absolute atomic E-state index is 0.0192. The Morgan fingerprint density at radius 3 is 2.86 bits per heavy atom. The zero-order valence-corrected chi connectivity index (χ0v) is 12.5. The smallest absolute Gasteiger partial charge is 0.239 e. The van der Waals surface area contributed by atoms with Crippen LogP contribution < -0.4 is 22.0 Å². The molecule has 0 aromatic carbocycles. The Morgan fingerprint density at radius 2 is 2.14 bits per heavy atom. The van der Waals surface area contributed by atoms with Gasteiger partial charge < -0.3 is 11.1 Å². The third-order valence-electron chi connectivity index (χ3n) is 4.70. The highest BCUT2D eigenvalue weighted by atomic mass is 16.7. The van der Waals surface area contributed by atoms with Gasteiger partial charge in [-0.25, -0.2) is 5.01 Å². The fourth-order valence-corrected chi connectivity index (χ4v) is 3.51. The van der Waals surface area contributed by atoms with Crippen LogP contribution in [0.3, 0.4) is 0 Å². The van der Waals surface area contributed by atoms with Gasteiger partial charge in [0.05, 0.1) is 6.04 Å². The number of hydrogen-bond acceptors (Lipinski definition) is 6. The Bertz CT molecular complexity index is 361. The monoisotopic (exact) mass is 297 g/mol. The van der Waals surface area contributed by atoms with Crippen LogP contribution >= 0.6 is 0 Å². The molecule has 5 N–H and O–H groups in total. The van der Waals surface area contributed by atoms with Crippen molar-refractivity contribution >= 4 is 5.91 Å². The number of carbonyl (C=O) groups is 1. The largest absolute Gasteiger partial charge is 0.349 e. The molecule has 3 aliphatic rings. The second-order valence-corrected chi connectivity index (χ2v) is 6.54. The molecule has 1 saturated carbocycles. The second-order valence-electron chi connectivity index (χ2n) is 6.54. The van der Waals surface area contributed by atoms with Crippen LogP contribution in [0.5, 0.6) is 0 Å². The molecule has 0 aromatic heterocycles. The fourth-order valence-electron chi connectivity index (χ4n) is 3.51. The van der Waals surface area contributed by atoms with E-state index in [4.69, 9.17) is 10.6 Å². The normalized spacial score (nSPS) is 35.2. The molecule has 1 amide bonds. The zero-order chi connectivity index (χ0) is 14.7. The van der Waals surface area contributed by atoms with E-state index in [1.807, 2.05) is 0 Å². The number of carbonyl (C=O) groups excluding carboxylic acids is 1. The molecule has 3 atom stereocenters. The van der Waals surface area contributed by atoms with Crippen molar-refractivity contribution in [2.45, 2.75) is 56.8 Å². The lowest BCUT2D eigenvalue weighted by atomic mass is 9.89. The first kappa shape index (κ1) is 15.2. The van der Waals surface area contributed by atoms with Gasteiger partial charge in [-0.2, -0.15) is 5.48 Å². The Labute approximate surface area is 125 Å². The molecule has 3 fully saturated rings. The number of rotatable bonds is 4. The summed E-state index contributed by atoms with van der Waals surface area (Å²) in [4.78, 5) is 17.1. The molecule has 2 aliphatic heterocycles. The summed E-state index contributed by atoms with van der Waals surface area (Å²) in [7, 11) is 0. The van der Waals surface area contributed by atoms with E-state index in [9.17, 15) is 4.79 Å². The Balaban J connectivity index is 1.39. The molecule has 0 aromatic rings. The minimum atomic E-state index is -0.384. The molecule has 2 saturated heterocycles. The zero-order valence-electron chi connectivity index (χ0n) is 12.5. The van der Waals surface area contributed by atoms with E-state index in [1.54, 1.807) is 0 Å². The van der Waals surface area contributed by atoms with Gasteiger partial charge >= 0.3 is 0 Å². The first-order valence-electron chi connectivity index (χ1n) is 8.16. The molecule has 0 radical (unpaired) electrons. The lowest BCUT2D eigenvalue weighted by Gasteiger charge is -2.26. The standard InChI is InChI=1S/C14H27N5O2/c15-13-6-12(18-21-13)14(20)17-11-7-16-19(9-11)8-10-4-2-1-3-5-10/h10-13,16,18H,1-9,15H2,(H,17,20). The van der Waals surface area contributed by atoms with Gasteiger partial charge in [-0.05, 0) is 18.8 Å². The predicted molar refractivity (Wildman–Crippen MR) is 78.7 cm³/mol. The second kappa shape index (κ2) is 7.02. The van der Waals surface area contributed by atoms with Crippen molar-refractivity contribution < 1.29 is 9.63 Å². The quantitative estimate of drug-likeness (QED) is 0.556. The SMILES string of the molecule is NC1CC(C(=O)NC2CNN(CC3CCCCC3)C2)NO1. The summed E-state index contributed by atoms with van der Waals surface area (Å²) in [6.45, 7) is 2.78. The van der Waals surface area contributed by atoms with E-state index in [0.717, 1.165) is 25.6 Å². The van der Waals surface area contributed by atoms with Gasteiger partial charge in [-0.3, -0.25) is 15.1 Å². The van der Waals surface area contributed by atoms with E-state index in [2.05, 4.69) is 21.2 Å². The van der Waals surface area contributed by atoms with Gasteiger partial charge in [-0.15, -0.1) is 0 Å². The molecule has 0 bridgehead atoms. The summed E-state index contributed by atoms with van der Waals surface area (Å²) >= 11 is 0. The van der Waals surface area contributed by atoms with Crippen LogP contribution in [0.25, 0.3) is 0 Å². The molecule has 1 aliphatic carbocycles. The van der Waals surface area contributed by atoms with E-state index in [0.29, 0.717) is 6.42 Å². The maximum Gasteiger partial charge on any atom is 0.239 e. The molecule has 7 heteroatoms. The first-order chi connectivity index (χ1) is 10.2. The van der Waals surface area contributed by atoms with Crippen molar-refractivity contribution in [2.75, 3.05) is 19.6 Å². The van der Waals surface area contributed by atoms with Crippen molar-refractivity contribution in [3.63, 3.8) is 0 Å². The average Bonchev–Trinajstić information content (AvgIpc) is 3.09. The van der Waals surface area contributed by atoms with E-state index in [-0.39, 0.29) is 24.2 Å². The Kier molecular flexibility index (Phi) is 5.07. The van der Waals surface area contributed by atoms with Crippen molar-refractivity contribution in [2.24, 2.45) is 11.7 Å². The number of hydrogen-bond donors (Lipinski definition) is 4. The van der Waals surface area contributed by atoms with Crippen LogP contribution in [0.1, 0.15) is 38.5 Å². The average molecular weight is 297 g/mol. The number of hydroxylamine groups is 1. The maximum atomic E-state index is 12.1. The van der Waals surface area contributed by atoms with Gasteiger partial charge in [0.25, 0.3) is 0 Å². The highest BCUT2D eigenvalue weighted by Crippen LogP contribution is 2.24. The molecular formula is C14H27N5O2. The fraction of sp³-hybridized carbons (Fsp3) is 0.929. The summed E-state index contributed by atoms with van der Waals surface area (Å²) in [5.74, 6) is 0.790. The van der Waals surface area contributed by atoms with Crippen molar-refractivity contribution in [3.05, 3.63) is 0 Å². The van der Waals surface area contributed by atoms with Crippen LogP contribution in [-0.4, -0.2) is 48.9 Å². The van der Waals surface area contributed by atoms with Crippen LogP contribution in [0.2, 0.25) is 0 Å². The minimum Gasteiger partial charge on any atom is -0.349 e.